The largest absolute Gasteiger partial charge is 0.465 e. The standard InChI is InChI=1S/C14H9NO2/c15-10-11-3-5-12(6-4-11)14(16)8-7-13-2-1-9-17-13/h1-9H/b8-7+. The lowest BCUT2D eigenvalue weighted by molar-refractivity contribution is 0.104. The number of furan rings is 1. The Kier molecular flexibility index (Phi) is 3.18. The van der Waals surface area contributed by atoms with Crippen LogP contribution in [0.2, 0.25) is 0 Å². The molecule has 1 aromatic carbocycles. The first kappa shape index (κ1) is 10.9. The number of allylic oxidation sites excluding steroid dienone is 1. The monoisotopic (exact) mass is 223 g/mol. The van der Waals surface area contributed by atoms with Gasteiger partial charge in [-0.05, 0) is 48.6 Å². The average Bonchev–Trinajstić information content (AvgIpc) is 2.89. The van der Waals surface area contributed by atoms with Gasteiger partial charge in [-0.15, -0.1) is 0 Å². The molecule has 82 valence electrons. The van der Waals surface area contributed by atoms with E-state index in [0.717, 1.165) is 0 Å². The molecular formula is C14H9NO2. The molecule has 0 aliphatic heterocycles. The highest BCUT2D eigenvalue weighted by Crippen LogP contribution is 2.07. The van der Waals surface area contributed by atoms with Crippen molar-refractivity contribution in [3.05, 3.63) is 65.6 Å². The summed E-state index contributed by atoms with van der Waals surface area (Å²) in [5.74, 6) is 0.512. The fraction of sp³-hybridized carbons (Fsp3) is 0. The molecule has 0 N–H and O–H groups in total. The van der Waals surface area contributed by atoms with Gasteiger partial charge in [0.25, 0.3) is 0 Å². The van der Waals surface area contributed by atoms with E-state index < -0.39 is 0 Å². The molecular weight excluding hydrogens is 214 g/mol. The first-order valence-corrected chi connectivity index (χ1v) is 5.05. The average molecular weight is 223 g/mol. The molecule has 0 spiro atoms. The van der Waals surface area contributed by atoms with E-state index in [1.54, 1.807) is 48.7 Å². The van der Waals surface area contributed by atoms with Crippen molar-refractivity contribution in [1.29, 1.82) is 5.26 Å². The molecule has 0 atom stereocenters. The highest BCUT2D eigenvalue weighted by Gasteiger charge is 2.01. The molecule has 0 radical (unpaired) electrons. The Hall–Kier alpha value is -2.60. The zero-order chi connectivity index (χ0) is 12.1. The van der Waals surface area contributed by atoms with Crippen LogP contribution >= 0.6 is 0 Å². The third kappa shape index (κ3) is 2.70. The summed E-state index contributed by atoms with van der Waals surface area (Å²) in [6, 6.07) is 12.0. The quantitative estimate of drug-likeness (QED) is 0.593. The molecule has 0 aliphatic rings. The third-order valence-electron chi connectivity index (χ3n) is 2.24. The van der Waals surface area contributed by atoms with Gasteiger partial charge >= 0.3 is 0 Å². The third-order valence-corrected chi connectivity index (χ3v) is 2.24. The van der Waals surface area contributed by atoms with Crippen LogP contribution < -0.4 is 0 Å². The normalized spacial score (nSPS) is 10.3. The van der Waals surface area contributed by atoms with Crippen molar-refractivity contribution >= 4 is 11.9 Å². The van der Waals surface area contributed by atoms with Crippen molar-refractivity contribution in [2.45, 2.75) is 0 Å². The minimum atomic E-state index is -0.120. The van der Waals surface area contributed by atoms with Crippen molar-refractivity contribution in [1.82, 2.24) is 0 Å². The minimum absolute atomic E-state index is 0.120. The Balaban J connectivity index is 2.12. The maximum absolute atomic E-state index is 11.7. The van der Waals surface area contributed by atoms with Gasteiger partial charge in [0.1, 0.15) is 5.76 Å². The molecule has 0 aliphatic carbocycles. The molecule has 3 heteroatoms. The summed E-state index contributed by atoms with van der Waals surface area (Å²) in [5, 5.41) is 8.63. The maximum atomic E-state index is 11.7. The zero-order valence-corrected chi connectivity index (χ0v) is 8.96. The summed E-state index contributed by atoms with van der Waals surface area (Å²) in [5.41, 5.74) is 1.09. The Morgan fingerprint density at radius 3 is 2.59 bits per heavy atom. The molecule has 0 amide bonds. The number of hydrogen-bond acceptors (Lipinski definition) is 3. The van der Waals surface area contributed by atoms with E-state index in [4.69, 9.17) is 9.68 Å². The number of carbonyl (C=O) groups excluding carboxylic acids is 1. The van der Waals surface area contributed by atoms with Gasteiger partial charge in [0.05, 0.1) is 17.9 Å². The summed E-state index contributed by atoms with van der Waals surface area (Å²) < 4.78 is 5.07. The van der Waals surface area contributed by atoms with Crippen LogP contribution in [0.1, 0.15) is 21.7 Å². The molecule has 0 saturated heterocycles. The molecule has 1 heterocycles. The summed E-state index contributed by atoms with van der Waals surface area (Å²) >= 11 is 0. The maximum Gasteiger partial charge on any atom is 0.185 e. The lowest BCUT2D eigenvalue weighted by atomic mass is 10.1. The fourth-order valence-electron chi connectivity index (χ4n) is 1.35. The fourth-order valence-corrected chi connectivity index (χ4v) is 1.35. The molecule has 0 bridgehead atoms. The van der Waals surface area contributed by atoms with Crippen molar-refractivity contribution in [3.8, 4) is 6.07 Å². The van der Waals surface area contributed by atoms with E-state index in [1.165, 1.54) is 6.08 Å². The molecule has 0 fully saturated rings. The second kappa shape index (κ2) is 4.95. The Labute approximate surface area is 98.6 Å². The van der Waals surface area contributed by atoms with E-state index in [-0.39, 0.29) is 5.78 Å². The lowest BCUT2D eigenvalue weighted by Crippen LogP contribution is -1.93. The van der Waals surface area contributed by atoms with Crippen LogP contribution in [0.25, 0.3) is 6.08 Å². The highest BCUT2D eigenvalue weighted by atomic mass is 16.3. The van der Waals surface area contributed by atoms with Gasteiger partial charge in [0.2, 0.25) is 0 Å². The van der Waals surface area contributed by atoms with Crippen LogP contribution in [0.5, 0.6) is 0 Å². The number of carbonyl (C=O) groups is 1. The van der Waals surface area contributed by atoms with Gasteiger partial charge < -0.3 is 4.42 Å². The minimum Gasteiger partial charge on any atom is -0.465 e. The first-order valence-electron chi connectivity index (χ1n) is 5.05. The summed E-state index contributed by atoms with van der Waals surface area (Å²) in [6.45, 7) is 0. The summed E-state index contributed by atoms with van der Waals surface area (Å²) in [4.78, 5) is 11.7. The van der Waals surface area contributed by atoms with Crippen LogP contribution in [-0.2, 0) is 0 Å². The van der Waals surface area contributed by atoms with Crippen molar-refractivity contribution in [2.24, 2.45) is 0 Å². The smallest absolute Gasteiger partial charge is 0.185 e. The highest BCUT2D eigenvalue weighted by molar-refractivity contribution is 6.06. The Bertz CT molecular complexity index is 572. The van der Waals surface area contributed by atoms with Gasteiger partial charge in [0.15, 0.2) is 5.78 Å². The molecule has 2 rings (SSSR count). The number of nitriles is 1. The number of nitrogens with zero attached hydrogens (tertiary/aromatic N) is 1. The van der Waals surface area contributed by atoms with E-state index in [1.807, 2.05) is 6.07 Å². The zero-order valence-electron chi connectivity index (χ0n) is 8.96. The number of rotatable bonds is 3. The van der Waals surface area contributed by atoms with E-state index in [9.17, 15) is 4.79 Å². The van der Waals surface area contributed by atoms with Gasteiger partial charge in [-0.1, -0.05) is 0 Å². The SMILES string of the molecule is N#Cc1ccc(C(=O)/C=C/c2ccco2)cc1. The topological polar surface area (TPSA) is 54.0 Å². The Morgan fingerprint density at radius 1 is 1.24 bits per heavy atom. The second-order valence-electron chi connectivity index (χ2n) is 3.40. The predicted octanol–water partition coefficient (Wildman–Crippen LogP) is 3.05. The number of benzene rings is 1. The Morgan fingerprint density at radius 2 is 2.00 bits per heavy atom. The van der Waals surface area contributed by atoms with E-state index in [0.29, 0.717) is 16.9 Å². The molecule has 3 nitrogen and oxygen atoms in total. The van der Waals surface area contributed by atoms with Crippen LogP contribution in [-0.4, -0.2) is 5.78 Å². The molecule has 17 heavy (non-hydrogen) atoms. The first-order chi connectivity index (χ1) is 8.29. The van der Waals surface area contributed by atoms with Crippen molar-refractivity contribution < 1.29 is 9.21 Å². The van der Waals surface area contributed by atoms with E-state index in [2.05, 4.69) is 0 Å². The van der Waals surface area contributed by atoms with Gasteiger partial charge in [0, 0.05) is 5.56 Å². The van der Waals surface area contributed by atoms with Crippen LogP contribution in [0.4, 0.5) is 0 Å². The van der Waals surface area contributed by atoms with Crippen molar-refractivity contribution in [2.75, 3.05) is 0 Å². The summed E-state index contributed by atoms with van der Waals surface area (Å²) in [6.07, 6.45) is 4.60. The van der Waals surface area contributed by atoms with Crippen LogP contribution in [0, 0.1) is 11.3 Å². The lowest BCUT2D eigenvalue weighted by Gasteiger charge is -1.94. The predicted molar refractivity (Wildman–Crippen MR) is 63.2 cm³/mol. The van der Waals surface area contributed by atoms with Crippen molar-refractivity contribution in [3.63, 3.8) is 0 Å². The molecule has 1 aromatic heterocycles. The molecule has 2 aromatic rings. The summed E-state index contributed by atoms with van der Waals surface area (Å²) in [7, 11) is 0. The van der Waals surface area contributed by atoms with Crippen LogP contribution in [0.15, 0.2) is 53.2 Å². The van der Waals surface area contributed by atoms with Gasteiger partial charge in [-0.25, -0.2) is 0 Å². The number of hydrogen-bond donors (Lipinski definition) is 0. The number of ketones is 1. The van der Waals surface area contributed by atoms with Gasteiger partial charge in [-0.3, -0.25) is 4.79 Å². The second-order valence-corrected chi connectivity index (χ2v) is 3.40. The van der Waals surface area contributed by atoms with Crippen LogP contribution in [0.3, 0.4) is 0 Å². The van der Waals surface area contributed by atoms with E-state index >= 15 is 0 Å². The molecule has 0 saturated carbocycles. The molecule has 0 unspecified atom stereocenters. The van der Waals surface area contributed by atoms with Gasteiger partial charge in [-0.2, -0.15) is 5.26 Å².